The van der Waals surface area contributed by atoms with Crippen LogP contribution < -0.4 is 0 Å². The first-order valence-electron chi connectivity index (χ1n) is 8.45. The zero-order valence-electron chi connectivity index (χ0n) is 14.9. The first-order valence-corrected chi connectivity index (χ1v) is 8.45. The molecule has 1 atom stereocenters. The van der Waals surface area contributed by atoms with Crippen molar-refractivity contribution in [3.8, 4) is 0 Å². The molecule has 0 saturated carbocycles. The van der Waals surface area contributed by atoms with Gasteiger partial charge < -0.3 is 4.74 Å². The van der Waals surface area contributed by atoms with E-state index in [0.717, 1.165) is 50.4 Å². The van der Waals surface area contributed by atoms with Crippen molar-refractivity contribution in [2.75, 3.05) is 0 Å². The fraction of sp³-hybridized carbons (Fsp3) is 0.650. The summed E-state index contributed by atoms with van der Waals surface area (Å²) in [5.74, 6) is 0. The van der Waals surface area contributed by atoms with Gasteiger partial charge in [0.05, 0.1) is 11.7 Å². The van der Waals surface area contributed by atoms with Gasteiger partial charge in [0, 0.05) is 0 Å². The van der Waals surface area contributed by atoms with E-state index in [0.29, 0.717) is 6.10 Å². The quantitative estimate of drug-likeness (QED) is 0.229. The molecule has 0 aromatic heterocycles. The number of aldehydes is 1. The SMILES string of the molecule is C/C(=C\C=O)CC/C=C(\C)CC/C=C(\C)CC[C@@H]1OC1(C)C. The molecule has 1 heterocycles. The van der Waals surface area contributed by atoms with Crippen LogP contribution in [0, 0.1) is 0 Å². The van der Waals surface area contributed by atoms with Crippen LogP contribution in [0.3, 0.4) is 0 Å². The Labute approximate surface area is 136 Å². The summed E-state index contributed by atoms with van der Waals surface area (Å²) in [4.78, 5) is 10.3. The largest absolute Gasteiger partial charge is 0.367 e. The van der Waals surface area contributed by atoms with Crippen molar-refractivity contribution in [3.05, 3.63) is 34.9 Å². The van der Waals surface area contributed by atoms with Crippen molar-refractivity contribution >= 4 is 6.29 Å². The van der Waals surface area contributed by atoms with E-state index in [1.54, 1.807) is 6.08 Å². The molecule has 0 aromatic rings. The van der Waals surface area contributed by atoms with E-state index in [-0.39, 0.29) is 5.60 Å². The highest BCUT2D eigenvalue weighted by Crippen LogP contribution is 2.38. The molecule has 124 valence electrons. The minimum Gasteiger partial charge on any atom is -0.367 e. The predicted molar refractivity (Wildman–Crippen MR) is 94.0 cm³/mol. The number of hydrogen-bond donors (Lipinski definition) is 0. The maximum atomic E-state index is 10.3. The van der Waals surface area contributed by atoms with E-state index in [4.69, 9.17) is 4.74 Å². The van der Waals surface area contributed by atoms with Crippen LogP contribution >= 0.6 is 0 Å². The molecule has 0 unspecified atom stereocenters. The zero-order valence-corrected chi connectivity index (χ0v) is 14.9. The van der Waals surface area contributed by atoms with Crippen molar-refractivity contribution < 1.29 is 9.53 Å². The second-order valence-corrected chi connectivity index (χ2v) is 7.08. The van der Waals surface area contributed by atoms with Crippen LogP contribution in [0.25, 0.3) is 0 Å². The second kappa shape index (κ2) is 9.09. The van der Waals surface area contributed by atoms with Crippen LogP contribution in [-0.4, -0.2) is 18.0 Å². The van der Waals surface area contributed by atoms with Crippen LogP contribution in [0.2, 0.25) is 0 Å². The maximum Gasteiger partial charge on any atom is 0.142 e. The molecule has 0 bridgehead atoms. The molecule has 2 nitrogen and oxygen atoms in total. The number of carbonyl (C=O) groups excluding carboxylic acids is 1. The molecule has 1 fully saturated rings. The van der Waals surface area contributed by atoms with Gasteiger partial charge in [0.15, 0.2) is 0 Å². The Morgan fingerprint density at radius 1 is 0.955 bits per heavy atom. The van der Waals surface area contributed by atoms with E-state index >= 15 is 0 Å². The van der Waals surface area contributed by atoms with Crippen LogP contribution in [0.4, 0.5) is 0 Å². The zero-order chi connectivity index (χ0) is 16.6. The summed E-state index contributed by atoms with van der Waals surface area (Å²) < 4.78 is 5.62. The minimum atomic E-state index is 0.121. The van der Waals surface area contributed by atoms with Gasteiger partial charge in [-0.15, -0.1) is 0 Å². The standard InChI is InChI=1S/C20H32O2/c1-16(9-7-11-18(3)14-15-21)8-6-10-17(2)12-13-19-20(4,5)22-19/h9-10,14-15,19H,6-8,11-13H2,1-5H3/b16-9+,17-10+,18-14+/t19-/m0/s1. The Kier molecular flexibility index (Phi) is 7.81. The van der Waals surface area contributed by atoms with Gasteiger partial charge in [-0.05, 0) is 79.2 Å². The normalized spacial score (nSPS) is 21.9. The molecule has 0 N–H and O–H groups in total. The lowest BCUT2D eigenvalue weighted by Crippen LogP contribution is -2.02. The van der Waals surface area contributed by atoms with Crippen molar-refractivity contribution in [1.82, 2.24) is 0 Å². The number of allylic oxidation sites excluding steroid dienone is 6. The number of carbonyl (C=O) groups is 1. The lowest BCUT2D eigenvalue weighted by atomic mass is 10.0. The third kappa shape index (κ3) is 7.74. The fourth-order valence-electron chi connectivity index (χ4n) is 2.59. The van der Waals surface area contributed by atoms with Gasteiger partial charge in [-0.25, -0.2) is 0 Å². The monoisotopic (exact) mass is 304 g/mol. The van der Waals surface area contributed by atoms with Crippen molar-refractivity contribution in [1.29, 1.82) is 0 Å². The lowest BCUT2D eigenvalue weighted by Gasteiger charge is -2.02. The number of epoxide rings is 1. The van der Waals surface area contributed by atoms with Gasteiger partial charge in [0.25, 0.3) is 0 Å². The molecular weight excluding hydrogens is 272 g/mol. The highest BCUT2D eigenvalue weighted by molar-refractivity contribution is 5.65. The molecule has 0 aliphatic carbocycles. The van der Waals surface area contributed by atoms with Crippen LogP contribution in [0.1, 0.15) is 73.1 Å². The van der Waals surface area contributed by atoms with E-state index in [1.807, 2.05) is 6.92 Å². The van der Waals surface area contributed by atoms with Crippen molar-refractivity contribution in [2.45, 2.75) is 84.8 Å². The number of hydrogen-bond acceptors (Lipinski definition) is 2. The van der Waals surface area contributed by atoms with Crippen LogP contribution in [0.5, 0.6) is 0 Å². The Hall–Kier alpha value is -1.15. The van der Waals surface area contributed by atoms with Crippen LogP contribution in [-0.2, 0) is 9.53 Å². The smallest absolute Gasteiger partial charge is 0.142 e. The van der Waals surface area contributed by atoms with Crippen molar-refractivity contribution in [2.24, 2.45) is 0 Å². The number of ether oxygens (including phenoxy) is 1. The van der Waals surface area contributed by atoms with E-state index in [1.165, 1.54) is 11.1 Å². The third-order valence-corrected chi connectivity index (χ3v) is 4.38. The lowest BCUT2D eigenvalue weighted by molar-refractivity contribution is -0.104. The summed E-state index contributed by atoms with van der Waals surface area (Å²) in [6, 6.07) is 0. The molecule has 0 radical (unpaired) electrons. The summed E-state index contributed by atoms with van der Waals surface area (Å²) in [5.41, 5.74) is 4.19. The molecule has 0 spiro atoms. The van der Waals surface area contributed by atoms with Gasteiger partial charge in [-0.2, -0.15) is 0 Å². The van der Waals surface area contributed by atoms with Gasteiger partial charge in [0.1, 0.15) is 6.29 Å². The Bertz CT molecular complexity index is 452. The van der Waals surface area contributed by atoms with Gasteiger partial charge in [-0.3, -0.25) is 4.79 Å². The van der Waals surface area contributed by atoms with Crippen LogP contribution in [0.15, 0.2) is 34.9 Å². The predicted octanol–water partition coefficient (Wildman–Crippen LogP) is 5.54. The Morgan fingerprint density at radius 2 is 1.45 bits per heavy atom. The summed E-state index contributed by atoms with van der Waals surface area (Å²) in [7, 11) is 0. The molecule has 0 aromatic carbocycles. The summed E-state index contributed by atoms with van der Waals surface area (Å²) in [6.45, 7) is 10.8. The molecular formula is C20H32O2. The van der Waals surface area contributed by atoms with E-state index < -0.39 is 0 Å². The first-order chi connectivity index (χ1) is 10.3. The highest BCUT2D eigenvalue weighted by atomic mass is 16.6. The fourth-order valence-corrected chi connectivity index (χ4v) is 2.59. The van der Waals surface area contributed by atoms with E-state index in [9.17, 15) is 4.79 Å². The summed E-state index contributed by atoms with van der Waals surface area (Å²) in [6.07, 6.45) is 14.2. The molecule has 2 heteroatoms. The average Bonchev–Trinajstić information content (AvgIpc) is 3.04. The Morgan fingerprint density at radius 3 is 1.95 bits per heavy atom. The molecule has 0 amide bonds. The van der Waals surface area contributed by atoms with Gasteiger partial charge in [-0.1, -0.05) is 28.9 Å². The summed E-state index contributed by atoms with van der Waals surface area (Å²) >= 11 is 0. The topological polar surface area (TPSA) is 29.6 Å². The molecule has 1 rings (SSSR count). The summed E-state index contributed by atoms with van der Waals surface area (Å²) in [5, 5.41) is 0. The van der Waals surface area contributed by atoms with Gasteiger partial charge in [0.2, 0.25) is 0 Å². The number of rotatable bonds is 10. The molecule has 1 aliphatic heterocycles. The van der Waals surface area contributed by atoms with Crippen molar-refractivity contribution in [3.63, 3.8) is 0 Å². The first kappa shape index (κ1) is 18.9. The second-order valence-electron chi connectivity index (χ2n) is 7.08. The Balaban J connectivity index is 2.17. The van der Waals surface area contributed by atoms with Gasteiger partial charge >= 0.3 is 0 Å². The molecule has 1 saturated heterocycles. The van der Waals surface area contributed by atoms with E-state index in [2.05, 4.69) is 39.8 Å². The molecule has 22 heavy (non-hydrogen) atoms. The highest BCUT2D eigenvalue weighted by Gasteiger charge is 2.46. The minimum absolute atomic E-state index is 0.121. The third-order valence-electron chi connectivity index (χ3n) is 4.38. The molecule has 1 aliphatic rings. The maximum absolute atomic E-state index is 10.3. The average molecular weight is 304 g/mol.